The SMILES string of the molecule is Cc1c(O)ccc(-n2cccn2)c1C. The minimum Gasteiger partial charge on any atom is -0.508 e. The second-order valence-electron chi connectivity index (χ2n) is 3.30. The molecule has 2 aromatic rings. The van der Waals surface area contributed by atoms with Gasteiger partial charge in [-0.05, 0) is 43.2 Å². The molecule has 1 aromatic carbocycles. The van der Waals surface area contributed by atoms with E-state index in [1.165, 1.54) is 0 Å². The molecule has 0 atom stereocenters. The van der Waals surface area contributed by atoms with Gasteiger partial charge < -0.3 is 5.11 Å². The van der Waals surface area contributed by atoms with Crippen LogP contribution in [0.5, 0.6) is 5.75 Å². The molecule has 3 nitrogen and oxygen atoms in total. The molecule has 0 spiro atoms. The molecule has 0 aliphatic heterocycles. The summed E-state index contributed by atoms with van der Waals surface area (Å²) in [5.41, 5.74) is 2.96. The molecule has 0 unspecified atom stereocenters. The first-order valence-corrected chi connectivity index (χ1v) is 4.49. The highest BCUT2D eigenvalue weighted by Gasteiger charge is 2.06. The Morgan fingerprint density at radius 1 is 1.21 bits per heavy atom. The van der Waals surface area contributed by atoms with E-state index in [2.05, 4.69) is 5.10 Å². The average molecular weight is 188 g/mol. The number of rotatable bonds is 1. The summed E-state index contributed by atoms with van der Waals surface area (Å²) >= 11 is 0. The summed E-state index contributed by atoms with van der Waals surface area (Å²) in [4.78, 5) is 0. The maximum absolute atomic E-state index is 9.49. The lowest BCUT2D eigenvalue weighted by molar-refractivity contribution is 0.470. The Bertz CT molecular complexity index is 447. The second kappa shape index (κ2) is 3.18. The molecule has 1 N–H and O–H groups in total. The highest BCUT2D eigenvalue weighted by atomic mass is 16.3. The molecule has 0 aliphatic carbocycles. The molecule has 2 rings (SSSR count). The van der Waals surface area contributed by atoms with Crippen molar-refractivity contribution in [1.29, 1.82) is 0 Å². The van der Waals surface area contributed by atoms with Gasteiger partial charge in [0.2, 0.25) is 0 Å². The number of phenols is 1. The van der Waals surface area contributed by atoms with Crippen LogP contribution in [0.1, 0.15) is 11.1 Å². The molecule has 0 saturated heterocycles. The Kier molecular flexibility index (Phi) is 2.00. The van der Waals surface area contributed by atoms with Crippen LogP contribution in [-0.4, -0.2) is 14.9 Å². The Morgan fingerprint density at radius 2 is 2.00 bits per heavy atom. The third-order valence-electron chi connectivity index (χ3n) is 2.48. The zero-order chi connectivity index (χ0) is 10.1. The molecule has 1 heterocycles. The molecular formula is C11H12N2O. The van der Waals surface area contributed by atoms with Gasteiger partial charge >= 0.3 is 0 Å². The summed E-state index contributed by atoms with van der Waals surface area (Å²) in [7, 11) is 0. The zero-order valence-corrected chi connectivity index (χ0v) is 8.23. The molecule has 14 heavy (non-hydrogen) atoms. The number of nitrogens with zero attached hydrogens (tertiary/aromatic N) is 2. The van der Waals surface area contributed by atoms with Gasteiger partial charge in [0, 0.05) is 12.4 Å². The molecule has 1 aromatic heterocycles. The van der Waals surface area contributed by atoms with Crippen molar-refractivity contribution in [3.8, 4) is 11.4 Å². The normalized spacial score (nSPS) is 10.4. The molecule has 72 valence electrons. The molecule has 3 heteroatoms. The third-order valence-corrected chi connectivity index (χ3v) is 2.48. The second-order valence-corrected chi connectivity index (χ2v) is 3.30. The number of hydrogen-bond donors (Lipinski definition) is 1. The van der Waals surface area contributed by atoms with E-state index in [9.17, 15) is 5.11 Å². The van der Waals surface area contributed by atoms with Crippen LogP contribution < -0.4 is 0 Å². The van der Waals surface area contributed by atoms with Crippen molar-refractivity contribution in [2.24, 2.45) is 0 Å². The van der Waals surface area contributed by atoms with Gasteiger partial charge in [0.25, 0.3) is 0 Å². The van der Waals surface area contributed by atoms with Gasteiger partial charge in [-0.15, -0.1) is 0 Å². The third kappa shape index (κ3) is 1.27. The Morgan fingerprint density at radius 3 is 2.64 bits per heavy atom. The van der Waals surface area contributed by atoms with Gasteiger partial charge in [0.05, 0.1) is 5.69 Å². The average Bonchev–Trinajstić information content (AvgIpc) is 2.67. The van der Waals surface area contributed by atoms with Crippen LogP contribution in [0.2, 0.25) is 0 Å². The van der Waals surface area contributed by atoms with Crippen molar-refractivity contribution in [2.75, 3.05) is 0 Å². The van der Waals surface area contributed by atoms with Crippen LogP contribution >= 0.6 is 0 Å². The summed E-state index contributed by atoms with van der Waals surface area (Å²) in [5, 5.41) is 13.6. The fourth-order valence-corrected chi connectivity index (χ4v) is 1.45. The topological polar surface area (TPSA) is 38.0 Å². The fourth-order valence-electron chi connectivity index (χ4n) is 1.45. The van der Waals surface area contributed by atoms with E-state index in [1.807, 2.05) is 32.2 Å². The van der Waals surface area contributed by atoms with Crippen LogP contribution in [0, 0.1) is 13.8 Å². The summed E-state index contributed by atoms with van der Waals surface area (Å²) in [6.45, 7) is 3.88. The zero-order valence-electron chi connectivity index (χ0n) is 8.23. The van der Waals surface area contributed by atoms with Gasteiger partial charge in [0.1, 0.15) is 5.75 Å². The predicted molar refractivity (Wildman–Crippen MR) is 54.7 cm³/mol. The number of aromatic hydroxyl groups is 1. The van der Waals surface area contributed by atoms with Crippen LogP contribution in [-0.2, 0) is 0 Å². The largest absolute Gasteiger partial charge is 0.508 e. The van der Waals surface area contributed by atoms with E-state index < -0.39 is 0 Å². The van der Waals surface area contributed by atoms with E-state index in [4.69, 9.17) is 0 Å². The quantitative estimate of drug-likeness (QED) is 0.745. The molecule has 0 amide bonds. The van der Waals surface area contributed by atoms with E-state index in [1.54, 1.807) is 16.9 Å². The molecule has 0 saturated carbocycles. The van der Waals surface area contributed by atoms with E-state index in [0.717, 1.165) is 16.8 Å². The van der Waals surface area contributed by atoms with Crippen LogP contribution in [0.15, 0.2) is 30.6 Å². The monoisotopic (exact) mass is 188 g/mol. The lowest BCUT2D eigenvalue weighted by Crippen LogP contribution is -1.98. The highest BCUT2D eigenvalue weighted by molar-refractivity contribution is 5.50. The van der Waals surface area contributed by atoms with Crippen LogP contribution in [0.3, 0.4) is 0 Å². The van der Waals surface area contributed by atoms with Crippen molar-refractivity contribution < 1.29 is 5.11 Å². The first-order valence-electron chi connectivity index (χ1n) is 4.49. The minimum atomic E-state index is 0.332. The predicted octanol–water partition coefficient (Wildman–Crippen LogP) is 2.19. The Labute approximate surface area is 82.6 Å². The Hall–Kier alpha value is -1.77. The number of benzene rings is 1. The van der Waals surface area contributed by atoms with E-state index in [0.29, 0.717) is 5.75 Å². The summed E-state index contributed by atoms with van der Waals surface area (Å²) in [6.07, 6.45) is 3.63. The molecule has 0 radical (unpaired) electrons. The Balaban J connectivity index is 2.61. The number of aromatic nitrogens is 2. The van der Waals surface area contributed by atoms with E-state index in [-0.39, 0.29) is 0 Å². The van der Waals surface area contributed by atoms with Gasteiger partial charge in [-0.2, -0.15) is 5.10 Å². The standard InChI is InChI=1S/C11H12N2O/c1-8-9(2)11(14)5-4-10(8)13-7-3-6-12-13/h3-7,14H,1-2H3. The van der Waals surface area contributed by atoms with Crippen molar-refractivity contribution in [1.82, 2.24) is 9.78 Å². The summed E-state index contributed by atoms with van der Waals surface area (Å²) in [6, 6.07) is 5.44. The minimum absolute atomic E-state index is 0.332. The van der Waals surface area contributed by atoms with Gasteiger partial charge in [-0.25, -0.2) is 4.68 Å². The molecular weight excluding hydrogens is 176 g/mol. The smallest absolute Gasteiger partial charge is 0.118 e. The summed E-state index contributed by atoms with van der Waals surface area (Å²) in [5.74, 6) is 0.332. The highest BCUT2D eigenvalue weighted by Crippen LogP contribution is 2.24. The number of phenolic OH excluding ortho intramolecular Hbond substituents is 1. The maximum Gasteiger partial charge on any atom is 0.118 e. The van der Waals surface area contributed by atoms with Crippen LogP contribution in [0.25, 0.3) is 5.69 Å². The van der Waals surface area contributed by atoms with Crippen molar-refractivity contribution in [2.45, 2.75) is 13.8 Å². The van der Waals surface area contributed by atoms with Crippen molar-refractivity contribution >= 4 is 0 Å². The number of hydrogen-bond acceptors (Lipinski definition) is 2. The van der Waals surface area contributed by atoms with Crippen LogP contribution in [0.4, 0.5) is 0 Å². The van der Waals surface area contributed by atoms with Crippen molar-refractivity contribution in [3.05, 3.63) is 41.7 Å². The van der Waals surface area contributed by atoms with Crippen molar-refractivity contribution in [3.63, 3.8) is 0 Å². The molecule has 0 aliphatic rings. The lowest BCUT2D eigenvalue weighted by atomic mass is 10.1. The lowest BCUT2D eigenvalue weighted by Gasteiger charge is -2.09. The van der Waals surface area contributed by atoms with E-state index >= 15 is 0 Å². The molecule has 0 fully saturated rings. The van der Waals surface area contributed by atoms with Gasteiger partial charge in [-0.1, -0.05) is 0 Å². The first-order chi connectivity index (χ1) is 6.70. The molecule has 0 bridgehead atoms. The maximum atomic E-state index is 9.49. The van der Waals surface area contributed by atoms with Gasteiger partial charge in [0.15, 0.2) is 0 Å². The first kappa shape index (κ1) is 8.81. The summed E-state index contributed by atoms with van der Waals surface area (Å²) < 4.78 is 1.79. The van der Waals surface area contributed by atoms with Gasteiger partial charge in [-0.3, -0.25) is 0 Å². The fraction of sp³-hybridized carbons (Fsp3) is 0.182.